The fourth-order valence-corrected chi connectivity index (χ4v) is 2.09. The van der Waals surface area contributed by atoms with Crippen molar-refractivity contribution in [2.24, 2.45) is 0 Å². The summed E-state index contributed by atoms with van der Waals surface area (Å²) in [5.74, 6) is 0.481. The second-order valence-corrected chi connectivity index (χ2v) is 6.27. The summed E-state index contributed by atoms with van der Waals surface area (Å²) in [5.41, 5.74) is 0.638. The van der Waals surface area contributed by atoms with Gasteiger partial charge in [0.1, 0.15) is 15.6 Å². The molecule has 0 radical (unpaired) electrons. The summed E-state index contributed by atoms with van der Waals surface area (Å²) in [5, 5.41) is 2.69. The van der Waals surface area contributed by atoms with Crippen molar-refractivity contribution in [3.8, 4) is 5.75 Å². The first kappa shape index (κ1) is 14.5. The topological polar surface area (TPSA) is 72.5 Å². The van der Waals surface area contributed by atoms with Crippen LogP contribution >= 0.6 is 0 Å². The van der Waals surface area contributed by atoms with Crippen molar-refractivity contribution >= 4 is 21.4 Å². The third-order valence-electron chi connectivity index (χ3n) is 2.27. The highest BCUT2D eigenvalue weighted by molar-refractivity contribution is 7.90. The summed E-state index contributed by atoms with van der Waals surface area (Å²) in [6.45, 7) is 0. The Kier molecular flexibility index (Phi) is 5.15. The van der Waals surface area contributed by atoms with Gasteiger partial charge in [0, 0.05) is 24.4 Å². The van der Waals surface area contributed by atoms with Gasteiger partial charge in [0.25, 0.3) is 0 Å². The quantitative estimate of drug-likeness (QED) is 0.850. The van der Waals surface area contributed by atoms with E-state index in [1.54, 1.807) is 31.4 Å². The van der Waals surface area contributed by atoms with Gasteiger partial charge in [-0.15, -0.1) is 0 Å². The number of hydrogen-bond acceptors (Lipinski definition) is 4. The molecule has 1 aromatic carbocycles. The van der Waals surface area contributed by atoms with E-state index in [1.165, 1.54) is 0 Å². The molecule has 6 heteroatoms. The third-order valence-corrected chi connectivity index (χ3v) is 3.30. The predicted octanol–water partition coefficient (Wildman–Crippen LogP) is 1.46. The summed E-state index contributed by atoms with van der Waals surface area (Å²) in [4.78, 5) is 11.6. The number of ether oxygens (including phenoxy) is 1. The van der Waals surface area contributed by atoms with Crippen LogP contribution in [0.3, 0.4) is 0 Å². The largest absolute Gasteiger partial charge is 0.497 e. The normalized spacial score (nSPS) is 11.0. The van der Waals surface area contributed by atoms with Crippen LogP contribution in [0.1, 0.15) is 12.8 Å². The van der Waals surface area contributed by atoms with Crippen LogP contribution in [0.4, 0.5) is 5.69 Å². The van der Waals surface area contributed by atoms with E-state index in [9.17, 15) is 13.2 Å². The maximum absolute atomic E-state index is 11.6. The number of sulfone groups is 1. The minimum atomic E-state index is -3.00. The summed E-state index contributed by atoms with van der Waals surface area (Å²) >= 11 is 0. The molecule has 1 amide bonds. The molecule has 0 saturated heterocycles. The average molecular weight is 271 g/mol. The number of rotatable bonds is 6. The lowest BCUT2D eigenvalue weighted by molar-refractivity contribution is -0.116. The molecule has 0 aliphatic heterocycles. The van der Waals surface area contributed by atoms with Gasteiger partial charge in [0.05, 0.1) is 12.9 Å². The van der Waals surface area contributed by atoms with Crippen LogP contribution in [0.2, 0.25) is 0 Å². The Morgan fingerprint density at radius 3 is 2.72 bits per heavy atom. The van der Waals surface area contributed by atoms with Crippen molar-refractivity contribution < 1.29 is 17.9 Å². The molecule has 0 aliphatic rings. The predicted molar refractivity (Wildman–Crippen MR) is 70.6 cm³/mol. The van der Waals surface area contributed by atoms with Gasteiger partial charge in [-0.2, -0.15) is 0 Å². The van der Waals surface area contributed by atoms with Gasteiger partial charge in [0.15, 0.2) is 0 Å². The number of carbonyl (C=O) groups is 1. The standard InChI is InChI=1S/C12H17NO4S/c1-17-11-6-3-5-10(9-11)13-12(14)7-4-8-18(2,15)16/h3,5-6,9H,4,7-8H2,1-2H3,(H,13,14). The van der Waals surface area contributed by atoms with Crippen molar-refractivity contribution in [2.75, 3.05) is 24.4 Å². The first-order valence-corrected chi connectivity index (χ1v) is 7.58. The van der Waals surface area contributed by atoms with E-state index in [0.717, 1.165) is 6.26 Å². The smallest absolute Gasteiger partial charge is 0.224 e. The molecule has 100 valence electrons. The molecule has 1 aromatic rings. The number of benzene rings is 1. The van der Waals surface area contributed by atoms with E-state index in [1.807, 2.05) is 0 Å². The molecule has 5 nitrogen and oxygen atoms in total. The molecule has 0 bridgehead atoms. The second kappa shape index (κ2) is 6.39. The number of amides is 1. The molecule has 0 atom stereocenters. The molecule has 0 fully saturated rings. The zero-order valence-corrected chi connectivity index (χ0v) is 11.3. The Bertz CT molecular complexity index is 511. The van der Waals surface area contributed by atoms with E-state index in [-0.39, 0.29) is 18.1 Å². The molecule has 0 aliphatic carbocycles. The van der Waals surface area contributed by atoms with Crippen LogP contribution in [0, 0.1) is 0 Å². The van der Waals surface area contributed by atoms with Crippen LogP contribution in [0.5, 0.6) is 5.75 Å². The number of nitrogens with one attached hydrogen (secondary N) is 1. The lowest BCUT2D eigenvalue weighted by Gasteiger charge is -2.06. The Morgan fingerprint density at radius 2 is 2.11 bits per heavy atom. The maximum atomic E-state index is 11.6. The SMILES string of the molecule is COc1cccc(NC(=O)CCCS(C)(=O)=O)c1. The lowest BCUT2D eigenvalue weighted by atomic mass is 10.2. The molecule has 18 heavy (non-hydrogen) atoms. The Morgan fingerprint density at radius 1 is 1.39 bits per heavy atom. The molecular formula is C12H17NO4S. The van der Waals surface area contributed by atoms with Gasteiger partial charge in [-0.05, 0) is 18.6 Å². The van der Waals surface area contributed by atoms with Crippen LogP contribution in [-0.4, -0.2) is 33.4 Å². The zero-order valence-electron chi connectivity index (χ0n) is 10.5. The number of carbonyl (C=O) groups excluding carboxylic acids is 1. The van der Waals surface area contributed by atoms with Gasteiger partial charge < -0.3 is 10.1 Å². The number of methoxy groups -OCH3 is 1. The molecule has 0 saturated carbocycles. The summed E-state index contributed by atoms with van der Waals surface area (Å²) in [7, 11) is -1.45. The Hall–Kier alpha value is -1.56. The fourth-order valence-electron chi connectivity index (χ4n) is 1.42. The first-order chi connectivity index (χ1) is 8.40. The molecule has 0 heterocycles. The van der Waals surface area contributed by atoms with Crippen molar-refractivity contribution in [2.45, 2.75) is 12.8 Å². The fraction of sp³-hybridized carbons (Fsp3) is 0.417. The Balaban J connectivity index is 2.44. The highest BCUT2D eigenvalue weighted by Gasteiger charge is 2.06. The van der Waals surface area contributed by atoms with Gasteiger partial charge >= 0.3 is 0 Å². The molecule has 0 aromatic heterocycles. The van der Waals surface area contributed by atoms with E-state index in [2.05, 4.69) is 5.32 Å². The lowest BCUT2D eigenvalue weighted by Crippen LogP contribution is -2.13. The van der Waals surface area contributed by atoms with Crippen molar-refractivity contribution in [3.63, 3.8) is 0 Å². The minimum absolute atomic E-state index is 0.0263. The first-order valence-electron chi connectivity index (χ1n) is 5.52. The molecule has 1 N–H and O–H groups in total. The minimum Gasteiger partial charge on any atom is -0.497 e. The molecule has 1 rings (SSSR count). The molecular weight excluding hydrogens is 254 g/mol. The second-order valence-electron chi connectivity index (χ2n) is 4.01. The van der Waals surface area contributed by atoms with Crippen LogP contribution in [-0.2, 0) is 14.6 Å². The van der Waals surface area contributed by atoms with Crippen LogP contribution in [0.25, 0.3) is 0 Å². The van der Waals surface area contributed by atoms with Crippen LogP contribution in [0.15, 0.2) is 24.3 Å². The maximum Gasteiger partial charge on any atom is 0.224 e. The van der Waals surface area contributed by atoms with E-state index in [0.29, 0.717) is 17.9 Å². The van der Waals surface area contributed by atoms with E-state index in [4.69, 9.17) is 4.74 Å². The zero-order chi connectivity index (χ0) is 13.6. The van der Waals surface area contributed by atoms with Gasteiger partial charge in [-0.3, -0.25) is 4.79 Å². The van der Waals surface area contributed by atoms with E-state index < -0.39 is 9.84 Å². The van der Waals surface area contributed by atoms with E-state index >= 15 is 0 Å². The monoisotopic (exact) mass is 271 g/mol. The summed E-state index contributed by atoms with van der Waals surface area (Å²) in [6, 6.07) is 7.00. The summed E-state index contributed by atoms with van der Waals surface area (Å²) < 4.78 is 26.8. The number of anilines is 1. The van der Waals surface area contributed by atoms with Gasteiger partial charge in [-0.25, -0.2) is 8.42 Å². The van der Waals surface area contributed by atoms with Crippen LogP contribution < -0.4 is 10.1 Å². The molecule has 0 unspecified atom stereocenters. The highest BCUT2D eigenvalue weighted by Crippen LogP contribution is 2.16. The third kappa shape index (κ3) is 5.67. The number of hydrogen-bond donors (Lipinski definition) is 1. The van der Waals surface area contributed by atoms with Crippen molar-refractivity contribution in [1.82, 2.24) is 0 Å². The van der Waals surface area contributed by atoms with Gasteiger partial charge in [-0.1, -0.05) is 6.07 Å². The Labute approximate surface area is 107 Å². The summed E-state index contributed by atoms with van der Waals surface area (Å²) in [6.07, 6.45) is 1.67. The van der Waals surface area contributed by atoms with Gasteiger partial charge in [0.2, 0.25) is 5.91 Å². The van der Waals surface area contributed by atoms with Crippen molar-refractivity contribution in [3.05, 3.63) is 24.3 Å². The molecule has 0 spiro atoms. The van der Waals surface area contributed by atoms with Crippen molar-refractivity contribution in [1.29, 1.82) is 0 Å². The highest BCUT2D eigenvalue weighted by atomic mass is 32.2. The average Bonchev–Trinajstić information content (AvgIpc) is 2.27.